The Bertz CT molecular complexity index is 432. The number of para-hydroxylation sites is 1. The third-order valence-electron chi connectivity index (χ3n) is 2.40. The van der Waals surface area contributed by atoms with E-state index in [4.69, 9.17) is 6.42 Å². The average Bonchev–Trinajstić information content (AvgIpc) is 2.29. The number of phenols is 1. The second kappa shape index (κ2) is 5.22. The number of amides is 1. The molecule has 0 fully saturated rings. The molecular weight excluding hydrogens is 202 g/mol. The summed E-state index contributed by atoms with van der Waals surface area (Å²) in [4.78, 5) is 11.8. The Morgan fingerprint density at radius 2 is 2.31 bits per heavy atom. The smallest absolute Gasteiger partial charge is 0.256 e. The number of nitrogens with one attached hydrogen (secondary N) is 1. The second-order valence-electron chi connectivity index (χ2n) is 3.57. The SMILES string of the molecule is C#CC(CC)NC(=O)c1cccc(C)c1O. The summed E-state index contributed by atoms with van der Waals surface area (Å²) in [7, 11) is 0. The third kappa shape index (κ3) is 2.54. The van der Waals surface area contributed by atoms with Crippen LogP contribution in [0.4, 0.5) is 0 Å². The first kappa shape index (κ1) is 12.1. The highest BCUT2D eigenvalue weighted by molar-refractivity contribution is 5.97. The lowest BCUT2D eigenvalue weighted by molar-refractivity contribution is 0.0942. The van der Waals surface area contributed by atoms with Crippen LogP contribution >= 0.6 is 0 Å². The van der Waals surface area contributed by atoms with Crippen LogP contribution in [0.2, 0.25) is 0 Å². The van der Waals surface area contributed by atoms with Gasteiger partial charge in [0.2, 0.25) is 0 Å². The van der Waals surface area contributed by atoms with E-state index < -0.39 is 0 Å². The number of hydrogen-bond donors (Lipinski definition) is 2. The molecule has 0 aliphatic rings. The summed E-state index contributed by atoms with van der Waals surface area (Å²) in [5.74, 6) is 2.14. The van der Waals surface area contributed by atoms with Crippen LogP contribution in [0.15, 0.2) is 18.2 Å². The van der Waals surface area contributed by atoms with Crippen LogP contribution in [0.1, 0.15) is 29.3 Å². The van der Waals surface area contributed by atoms with Gasteiger partial charge in [0.05, 0.1) is 11.6 Å². The van der Waals surface area contributed by atoms with Crippen molar-refractivity contribution in [2.45, 2.75) is 26.3 Å². The number of terminal acetylenes is 1. The molecule has 1 aromatic carbocycles. The lowest BCUT2D eigenvalue weighted by Gasteiger charge is -2.12. The zero-order valence-electron chi connectivity index (χ0n) is 9.45. The zero-order valence-corrected chi connectivity index (χ0v) is 9.45. The van der Waals surface area contributed by atoms with Crippen molar-refractivity contribution in [1.29, 1.82) is 0 Å². The number of rotatable bonds is 3. The van der Waals surface area contributed by atoms with Crippen molar-refractivity contribution in [3.63, 3.8) is 0 Å². The van der Waals surface area contributed by atoms with Crippen molar-refractivity contribution in [3.05, 3.63) is 29.3 Å². The Kier molecular flexibility index (Phi) is 3.96. The van der Waals surface area contributed by atoms with Gasteiger partial charge >= 0.3 is 0 Å². The molecule has 1 amide bonds. The zero-order chi connectivity index (χ0) is 12.1. The average molecular weight is 217 g/mol. The summed E-state index contributed by atoms with van der Waals surface area (Å²) in [6.07, 6.45) is 5.91. The van der Waals surface area contributed by atoms with Gasteiger partial charge in [0.1, 0.15) is 5.75 Å². The summed E-state index contributed by atoms with van der Waals surface area (Å²) in [6.45, 7) is 3.63. The molecule has 1 atom stereocenters. The normalized spacial score (nSPS) is 11.6. The van der Waals surface area contributed by atoms with E-state index >= 15 is 0 Å². The van der Waals surface area contributed by atoms with Crippen molar-refractivity contribution in [2.24, 2.45) is 0 Å². The molecule has 2 N–H and O–H groups in total. The van der Waals surface area contributed by atoms with Crippen LogP contribution in [0.5, 0.6) is 5.75 Å². The van der Waals surface area contributed by atoms with Crippen molar-refractivity contribution < 1.29 is 9.90 Å². The van der Waals surface area contributed by atoms with E-state index in [1.807, 2.05) is 6.92 Å². The fourth-order valence-electron chi connectivity index (χ4n) is 1.34. The van der Waals surface area contributed by atoms with Gasteiger partial charge in [0, 0.05) is 0 Å². The van der Waals surface area contributed by atoms with E-state index in [9.17, 15) is 9.90 Å². The predicted octanol–water partition coefficient (Wildman–Crippen LogP) is 1.84. The van der Waals surface area contributed by atoms with Crippen LogP contribution in [0.3, 0.4) is 0 Å². The van der Waals surface area contributed by atoms with Crippen LogP contribution in [0, 0.1) is 19.3 Å². The Balaban J connectivity index is 2.90. The van der Waals surface area contributed by atoms with Gasteiger partial charge in [-0.1, -0.05) is 25.0 Å². The molecule has 0 saturated heterocycles. The number of hydrogen-bond acceptors (Lipinski definition) is 2. The van der Waals surface area contributed by atoms with Crippen molar-refractivity contribution >= 4 is 5.91 Å². The van der Waals surface area contributed by atoms with Gasteiger partial charge in [-0.05, 0) is 25.0 Å². The molecule has 0 aromatic heterocycles. The fourth-order valence-corrected chi connectivity index (χ4v) is 1.34. The van der Waals surface area contributed by atoms with Gasteiger partial charge in [-0.3, -0.25) is 4.79 Å². The molecule has 0 bridgehead atoms. The first-order valence-electron chi connectivity index (χ1n) is 5.15. The number of aryl methyl sites for hydroxylation is 1. The second-order valence-corrected chi connectivity index (χ2v) is 3.57. The molecule has 3 heteroatoms. The standard InChI is InChI=1S/C13H15NO2/c1-4-10(5-2)14-13(16)11-8-6-7-9(3)12(11)15/h1,6-8,10,15H,5H2,2-3H3,(H,14,16). The molecule has 0 spiro atoms. The van der Waals surface area contributed by atoms with Gasteiger partial charge in [0.25, 0.3) is 5.91 Å². The maximum Gasteiger partial charge on any atom is 0.256 e. The minimum absolute atomic E-state index is 0.00637. The highest BCUT2D eigenvalue weighted by atomic mass is 16.3. The lowest BCUT2D eigenvalue weighted by Crippen LogP contribution is -2.33. The van der Waals surface area contributed by atoms with E-state index in [2.05, 4.69) is 11.2 Å². The van der Waals surface area contributed by atoms with E-state index in [1.54, 1.807) is 25.1 Å². The quantitative estimate of drug-likeness (QED) is 0.759. The fraction of sp³-hybridized carbons (Fsp3) is 0.308. The maximum absolute atomic E-state index is 11.8. The van der Waals surface area contributed by atoms with E-state index in [1.165, 1.54) is 0 Å². The van der Waals surface area contributed by atoms with Crippen LogP contribution in [0.25, 0.3) is 0 Å². The minimum Gasteiger partial charge on any atom is -0.507 e. The monoisotopic (exact) mass is 217 g/mol. The highest BCUT2D eigenvalue weighted by Gasteiger charge is 2.14. The van der Waals surface area contributed by atoms with Gasteiger partial charge in [0.15, 0.2) is 0 Å². The molecule has 0 radical (unpaired) electrons. The molecule has 16 heavy (non-hydrogen) atoms. The predicted molar refractivity (Wildman–Crippen MR) is 63.2 cm³/mol. The van der Waals surface area contributed by atoms with Crippen molar-refractivity contribution in [2.75, 3.05) is 0 Å². The first-order valence-corrected chi connectivity index (χ1v) is 5.15. The molecule has 0 aliphatic carbocycles. The topological polar surface area (TPSA) is 49.3 Å². The molecule has 1 aromatic rings. The third-order valence-corrected chi connectivity index (χ3v) is 2.40. The number of aromatic hydroxyl groups is 1. The molecule has 0 saturated carbocycles. The molecular formula is C13H15NO2. The summed E-state index contributed by atoms with van der Waals surface area (Å²) in [6, 6.07) is 4.74. The largest absolute Gasteiger partial charge is 0.507 e. The summed E-state index contributed by atoms with van der Waals surface area (Å²) >= 11 is 0. The molecule has 84 valence electrons. The Morgan fingerprint density at radius 1 is 1.62 bits per heavy atom. The lowest BCUT2D eigenvalue weighted by atomic mass is 10.1. The summed E-state index contributed by atoms with van der Waals surface area (Å²) in [5.41, 5.74) is 0.926. The summed E-state index contributed by atoms with van der Waals surface area (Å²) < 4.78 is 0. The molecule has 3 nitrogen and oxygen atoms in total. The number of carbonyl (C=O) groups is 1. The van der Waals surface area contributed by atoms with Crippen molar-refractivity contribution in [3.8, 4) is 18.1 Å². The Labute approximate surface area is 95.5 Å². The van der Waals surface area contributed by atoms with Gasteiger partial charge in [-0.2, -0.15) is 0 Å². The van der Waals surface area contributed by atoms with E-state index in [0.717, 1.165) is 0 Å². The van der Waals surface area contributed by atoms with Crippen LogP contribution in [-0.4, -0.2) is 17.1 Å². The number of benzene rings is 1. The Hall–Kier alpha value is -1.95. The van der Waals surface area contributed by atoms with Gasteiger partial charge < -0.3 is 10.4 Å². The van der Waals surface area contributed by atoms with Gasteiger partial charge in [-0.15, -0.1) is 6.42 Å². The van der Waals surface area contributed by atoms with Gasteiger partial charge in [-0.25, -0.2) is 0 Å². The van der Waals surface area contributed by atoms with E-state index in [-0.39, 0.29) is 23.3 Å². The molecule has 0 heterocycles. The van der Waals surface area contributed by atoms with Crippen molar-refractivity contribution in [1.82, 2.24) is 5.32 Å². The number of phenolic OH excluding ortho intramolecular Hbond substituents is 1. The number of carbonyl (C=O) groups excluding carboxylic acids is 1. The molecule has 1 unspecified atom stereocenters. The maximum atomic E-state index is 11.8. The molecule has 1 rings (SSSR count). The Morgan fingerprint density at radius 3 is 2.88 bits per heavy atom. The minimum atomic E-state index is -0.342. The highest BCUT2D eigenvalue weighted by Crippen LogP contribution is 2.21. The summed E-state index contributed by atoms with van der Waals surface area (Å²) in [5, 5.41) is 12.4. The molecule has 0 aliphatic heterocycles. The first-order chi connectivity index (χ1) is 7.60. The van der Waals surface area contributed by atoms with Crippen LogP contribution < -0.4 is 5.32 Å². The van der Waals surface area contributed by atoms with Crippen LogP contribution in [-0.2, 0) is 0 Å². The van der Waals surface area contributed by atoms with E-state index in [0.29, 0.717) is 12.0 Å².